The van der Waals surface area contributed by atoms with Gasteiger partial charge in [0.15, 0.2) is 0 Å². The third-order valence-corrected chi connectivity index (χ3v) is 8.29. The van der Waals surface area contributed by atoms with Crippen molar-refractivity contribution in [3.8, 4) is 11.5 Å². The highest BCUT2D eigenvalue weighted by Gasteiger charge is 2.25. The zero-order valence-corrected chi connectivity index (χ0v) is 28.4. The van der Waals surface area contributed by atoms with Gasteiger partial charge in [0.05, 0.1) is 24.3 Å². The number of esters is 3. The molecule has 0 amide bonds. The summed E-state index contributed by atoms with van der Waals surface area (Å²) < 4.78 is 39.4. The van der Waals surface area contributed by atoms with Gasteiger partial charge in [0.1, 0.15) is 29.6 Å². The maximum Gasteiger partial charge on any atom is 0.493 e. The first-order valence-electron chi connectivity index (χ1n) is 16.7. The number of benzene rings is 3. The van der Waals surface area contributed by atoms with Crippen molar-refractivity contribution in [1.29, 1.82) is 0 Å². The van der Waals surface area contributed by atoms with E-state index in [4.69, 9.17) is 33.0 Å². The van der Waals surface area contributed by atoms with Gasteiger partial charge in [-0.15, -0.1) is 0 Å². The molecule has 3 aromatic carbocycles. The molecule has 0 saturated carbocycles. The largest absolute Gasteiger partial charge is 0.494 e. The first-order valence-corrected chi connectivity index (χ1v) is 16.7. The SMILES string of the molecule is C=CC(=O)OCCCCOc1ccc(C(=O)OC2=C(C)C(C)=C(OC(=O)c3ccc(COc4ccc(B5OCCCO5)cc4)cc3)CC2)cc1. The molecule has 0 N–H and O–H groups in total. The third-order valence-electron chi connectivity index (χ3n) is 8.29. The quantitative estimate of drug-likeness (QED) is 0.0569. The minimum Gasteiger partial charge on any atom is -0.494 e. The van der Waals surface area contributed by atoms with E-state index >= 15 is 0 Å². The topological polar surface area (TPSA) is 116 Å². The Bertz CT molecular complexity index is 1700. The van der Waals surface area contributed by atoms with Crippen LogP contribution in [0, 0.1) is 0 Å². The molecule has 0 radical (unpaired) electrons. The number of unbranched alkanes of at least 4 members (excludes halogenated alkanes) is 1. The van der Waals surface area contributed by atoms with Crippen LogP contribution in [0.4, 0.5) is 0 Å². The van der Waals surface area contributed by atoms with Gasteiger partial charge in [-0.3, -0.25) is 0 Å². The summed E-state index contributed by atoms with van der Waals surface area (Å²) in [4.78, 5) is 37.0. The summed E-state index contributed by atoms with van der Waals surface area (Å²) in [5, 5.41) is 0. The molecule has 1 aliphatic heterocycles. The van der Waals surface area contributed by atoms with E-state index in [1.165, 1.54) is 0 Å². The van der Waals surface area contributed by atoms with Crippen LogP contribution in [0.3, 0.4) is 0 Å². The van der Waals surface area contributed by atoms with Gasteiger partial charge in [0.2, 0.25) is 0 Å². The minimum atomic E-state index is -0.479. The molecule has 10 nitrogen and oxygen atoms in total. The highest BCUT2D eigenvalue weighted by molar-refractivity contribution is 6.61. The van der Waals surface area contributed by atoms with Crippen LogP contribution in [0.2, 0.25) is 0 Å². The average Bonchev–Trinajstić information content (AvgIpc) is 3.16. The van der Waals surface area contributed by atoms with Crippen LogP contribution in [-0.4, -0.2) is 51.5 Å². The van der Waals surface area contributed by atoms with Crippen LogP contribution in [0.15, 0.2) is 108 Å². The molecule has 3 aromatic rings. The number of hydrogen-bond acceptors (Lipinski definition) is 10. The maximum absolute atomic E-state index is 13.0. The molecule has 50 heavy (non-hydrogen) atoms. The molecular formula is C39H41BO10. The van der Waals surface area contributed by atoms with Gasteiger partial charge in [-0.1, -0.05) is 30.8 Å². The Morgan fingerprint density at radius 3 is 1.82 bits per heavy atom. The van der Waals surface area contributed by atoms with Gasteiger partial charge in [-0.05, 0) is 104 Å². The normalized spacial score (nSPS) is 14.6. The summed E-state index contributed by atoms with van der Waals surface area (Å²) in [6.45, 7) is 9.54. The fourth-order valence-corrected chi connectivity index (χ4v) is 5.24. The summed E-state index contributed by atoms with van der Waals surface area (Å²) in [6, 6.07) is 21.5. The van der Waals surface area contributed by atoms with Crippen molar-refractivity contribution in [2.75, 3.05) is 26.4 Å². The van der Waals surface area contributed by atoms with Crippen molar-refractivity contribution in [2.45, 2.75) is 52.6 Å². The van der Waals surface area contributed by atoms with E-state index in [0.29, 0.717) is 87.1 Å². The Balaban J connectivity index is 1.07. The zero-order valence-electron chi connectivity index (χ0n) is 28.4. The number of hydrogen-bond donors (Lipinski definition) is 0. The van der Waals surface area contributed by atoms with Crippen LogP contribution in [-0.2, 0) is 34.9 Å². The van der Waals surface area contributed by atoms with Gasteiger partial charge < -0.3 is 33.0 Å². The van der Waals surface area contributed by atoms with E-state index in [1.54, 1.807) is 36.4 Å². The summed E-state index contributed by atoms with van der Waals surface area (Å²) >= 11 is 0. The number of ether oxygens (including phenoxy) is 5. The molecule has 0 spiro atoms. The van der Waals surface area contributed by atoms with Gasteiger partial charge >= 0.3 is 25.0 Å². The van der Waals surface area contributed by atoms with Gasteiger partial charge in [0.25, 0.3) is 0 Å². The molecule has 1 heterocycles. The zero-order chi connectivity index (χ0) is 35.3. The predicted octanol–water partition coefficient (Wildman–Crippen LogP) is 6.64. The second kappa shape index (κ2) is 18.0. The Morgan fingerprint density at radius 1 is 0.720 bits per heavy atom. The molecular weight excluding hydrogens is 639 g/mol. The predicted molar refractivity (Wildman–Crippen MR) is 187 cm³/mol. The molecule has 1 saturated heterocycles. The second-order valence-corrected chi connectivity index (χ2v) is 11.8. The van der Waals surface area contributed by atoms with Gasteiger partial charge in [-0.25, -0.2) is 14.4 Å². The molecule has 1 aliphatic carbocycles. The lowest BCUT2D eigenvalue weighted by Gasteiger charge is -2.22. The lowest BCUT2D eigenvalue weighted by molar-refractivity contribution is -0.137. The van der Waals surface area contributed by atoms with Crippen LogP contribution in [0.5, 0.6) is 11.5 Å². The molecule has 11 heteroatoms. The van der Waals surface area contributed by atoms with Crippen LogP contribution >= 0.6 is 0 Å². The Labute approximate surface area is 292 Å². The molecule has 0 atom stereocenters. The molecule has 5 rings (SSSR count). The summed E-state index contributed by atoms with van der Waals surface area (Å²) in [6.07, 6.45) is 4.24. The van der Waals surface area contributed by atoms with E-state index in [1.807, 2.05) is 50.2 Å². The Kier molecular flexibility index (Phi) is 13.0. The number of rotatable bonds is 15. The van der Waals surface area contributed by atoms with Crippen molar-refractivity contribution in [2.24, 2.45) is 0 Å². The fraction of sp³-hybridized carbons (Fsp3) is 0.308. The Morgan fingerprint density at radius 2 is 1.24 bits per heavy atom. The standard InChI is InChI=1S/C39H41BO10/c1-4-37(41)45-23-6-5-22-44-33-16-12-31(13-17-33)39(43)50-36-21-20-35(27(2)28(36)3)49-38(42)30-10-8-29(9-11-30)26-46-34-18-14-32(15-19-34)40-47-24-7-25-48-40/h4,8-19H,1,5-7,20-26H2,2-3H3. The molecule has 0 unspecified atom stereocenters. The minimum absolute atomic E-state index is 0.308. The highest BCUT2D eigenvalue weighted by atomic mass is 16.6. The van der Waals surface area contributed by atoms with E-state index in [0.717, 1.165) is 40.4 Å². The van der Waals surface area contributed by atoms with Crippen molar-refractivity contribution in [3.63, 3.8) is 0 Å². The van der Waals surface area contributed by atoms with E-state index < -0.39 is 17.9 Å². The Hall–Kier alpha value is -5.13. The molecule has 0 bridgehead atoms. The lowest BCUT2D eigenvalue weighted by Crippen LogP contribution is -2.40. The van der Waals surface area contributed by atoms with Crippen LogP contribution in [0.25, 0.3) is 0 Å². The highest BCUT2D eigenvalue weighted by Crippen LogP contribution is 2.32. The number of carbonyl (C=O) groups excluding carboxylic acids is 3. The molecule has 2 aliphatic rings. The van der Waals surface area contributed by atoms with Gasteiger partial charge in [-0.2, -0.15) is 0 Å². The molecule has 1 fully saturated rings. The van der Waals surface area contributed by atoms with E-state index in [2.05, 4.69) is 6.58 Å². The fourth-order valence-electron chi connectivity index (χ4n) is 5.24. The average molecular weight is 681 g/mol. The molecule has 260 valence electrons. The number of allylic oxidation sites excluding steroid dienone is 4. The van der Waals surface area contributed by atoms with Crippen LogP contribution < -0.4 is 14.9 Å². The molecule has 0 aromatic heterocycles. The summed E-state index contributed by atoms with van der Waals surface area (Å²) in [7, 11) is -0.332. The summed E-state index contributed by atoms with van der Waals surface area (Å²) in [5.41, 5.74) is 4.19. The lowest BCUT2D eigenvalue weighted by atomic mass is 9.78. The van der Waals surface area contributed by atoms with E-state index in [-0.39, 0.29) is 7.12 Å². The first kappa shape index (κ1) is 36.2. The maximum atomic E-state index is 13.0. The van der Waals surface area contributed by atoms with Crippen molar-refractivity contribution in [1.82, 2.24) is 0 Å². The summed E-state index contributed by atoms with van der Waals surface area (Å²) in [5.74, 6) is 1.05. The smallest absolute Gasteiger partial charge is 0.493 e. The second-order valence-electron chi connectivity index (χ2n) is 11.8. The van der Waals surface area contributed by atoms with Crippen molar-refractivity contribution in [3.05, 3.63) is 125 Å². The van der Waals surface area contributed by atoms with Gasteiger partial charge in [0, 0.05) is 32.1 Å². The van der Waals surface area contributed by atoms with Crippen LogP contribution in [0.1, 0.15) is 72.2 Å². The monoisotopic (exact) mass is 680 g/mol. The van der Waals surface area contributed by atoms with Crippen molar-refractivity contribution < 1.29 is 47.4 Å². The van der Waals surface area contributed by atoms with E-state index in [9.17, 15) is 14.4 Å². The van der Waals surface area contributed by atoms with Crippen molar-refractivity contribution >= 4 is 30.5 Å². The first-order chi connectivity index (χ1) is 24.3. The number of carbonyl (C=O) groups is 3. The third kappa shape index (κ3) is 10.2.